The predicted octanol–water partition coefficient (Wildman–Crippen LogP) is 1.80. The van der Waals surface area contributed by atoms with Crippen molar-refractivity contribution in [2.75, 3.05) is 0 Å². The molecule has 0 aromatic carbocycles. The highest BCUT2D eigenvalue weighted by molar-refractivity contribution is 9.10. The summed E-state index contributed by atoms with van der Waals surface area (Å²) in [5.41, 5.74) is 0.577. The van der Waals surface area contributed by atoms with Crippen molar-refractivity contribution in [2.24, 2.45) is 0 Å². The molecule has 2 aromatic rings. The Morgan fingerprint density at radius 1 is 1.55 bits per heavy atom. The second kappa shape index (κ2) is 2.23. The van der Waals surface area contributed by atoms with E-state index in [2.05, 4.69) is 20.9 Å². The Morgan fingerprint density at radius 2 is 2.36 bits per heavy atom. The van der Waals surface area contributed by atoms with Gasteiger partial charge in [-0.1, -0.05) is 0 Å². The van der Waals surface area contributed by atoms with E-state index in [1.807, 2.05) is 6.20 Å². The number of hydrogen-bond acceptors (Lipinski definition) is 2. The van der Waals surface area contributed by atoms with Crippen LogP contribution in [0.15, 0.2) is 29.1 Å². The van der Waals surface area contributed by atoms with Gasteiger partial charge in [0.2, 0.25) is 0 Å². The number of halogens is 1. The summed E-state index contributed by atoms with van der Waals surface area (Å²) in [6, 6.07) is 1.61. The minimum absolute atomic E-state index is 0.185. The molecular weight excluding hydrogens is 208 g/mol. The smallest absolute Gasteiger partial charge is 0.179 e. The minimum Gasteiger partial charge on any atom is -0.504 e. The van der Waals surface area contributed by atoms with Gasteiger partial charge in [0.05, 0.1) is 0 Å². The maximum atomic E-state index is 9.33. The van der Waals surface area contributed by atoms with Gasteiger partial charge < -0.3 is 9.51 Å². The van der Waals surface area contributed by atoms with E-state index in [1.54, 1.807) is 22.9 Å². The molecule has 0 aliphatic heterocycles. The summed E-state index contributed by atoms with van der Waals surface area (Å²) in [4.78, 5) is 3.95. The van der Waals surface area contributed by atoms with E-state index >= 15 is 0 Å². The van der Waals surface area contributed by atoms with E-state index in [1.165, 1.54) is 0 Å². The van der Waals surface area contributed by atoms with Gasteiger partial charge in [-0.3, -0.25) is 0 Å². The maximum Gasteiger partial charge on any atom is 0.179 e. The Hall–Kier alpha value is -1.03. The molecule has 2 rings (SSSR count). The Balaban J connectivity index is 2.91. The molecule has 0 saturated heterocycles. The maximum absolute atomic E-state index is 9.33. The highest BCUT2D eigenvalue weighted by Crippen LogP contribution is 2.21. The first-order chi connectivity index (χ1) is 5.27. The van der Waals surface area contributed by atoms with E-state index in [0.29, 0.717) is 5.65 Å². The molecule has 0 aliphatic rings. The van der Waals surface area contributed by atoms with Crippen molar-refractivity contribution in [3.8, 4) is 5.75 Å². The van der Waals surface area contributed by atoms with Gasteiger partial charge in [-0.25, -0.2) is 4.98 Å². The summed E-state index contributed by atoms with van der Waals surface area (Å²) in [5, 5.41) is 9.33. The van der Waals surface area contributed by atoms with Gasteiger partial charge in [-0.15, -0.1) is 0 Å². The molecule has 2 heterocycles. The molecule has 0 spiro atoms. The van der Waals surface area contributed by atoms with Crippen LogP contribution in [-0.2, 0) is 0 Å². The molecule has 0 bridgehead atoms. The zero-order valence-corrected chi connectivity index (χ0v) is 7.12. The zero-order valence-electron chi connectivity index (χ0n) is 5.53. The number of aromatic nitrogens is 2. The third-order valence-electron chi connectivity index (χ3n) is 1.43. The fourth-order valence-electron chi connectivity index (χ4n) is 0.981. The SMILES string of the molecule is Oc1cc(Br)cn2ccnc12. The lowest BCUT2D eigenvalue weighted by molar-refractivity contribution is 0.477. The highest BCUT2D eigenvalue weighted by Gasteiger charge is 2.00. The number of pyridine rings is 1. The molecule has 1 N–H and O–H groups in total. The second-order valence-electron chi connectivity index (χ2n) is 2.20. The van der Waals surface area contributed by atoms with Gasteiger partial charge in [0.1, 0.15) is 0 Å². The summed E-state index contributed by atoms with van der Waals surface area (Å²) in [6.07, 6.45) is 5.25. The first-order valence-electron chi connectivity index (χ1n) is 3.08. The number of hydrogen-bond donors (Lipinski definition) is 1. The van der Waals surface area contributed by atoms with Crippen LogP contribution in [0.5, 0.6) is 5.75 Å². The lowest BCUT2D eigenvalue weighted by Gasteiger charge is -1.96. The number of rotatable bonds is 0. The fourth-order valence-corrected chi connectivity index (χ4v) is 1.42. The fraction of sp³-hybridized carbons (Fsp3) is 0. The summed E-state index contributed by atoms with van der Waals surface area (Å²) in [7, 11) is 0. The summed E-state index contributed by atoms with van der Waals surface area (Å²) in [6.45, 7) is 0. The molecule has 0 amide bonds. The van der Waals surface area contributed by atoms with Gasteiger partial charge in [0, 0.05) is 23.1 Å². The molecule has 3 nitrogen and oxygen atoms in total. The number of aromatic hydroxyl groups is 1. The highest BCUT2D eigenvalue weighted by atomic mass is 79.9. The lowest BCUT2D eigenvalue weighted by atomic mass is 10.4. The lowest BCUT2D eigenvalue weighted by Crippen LogP contribution is -1.82. The largest absolute Gasteiger partial charge is 0.504 e. The molecule has 0 radical (unpaired) electrons. The molecule has 4 heteroatoms. The van der Waals surface area contributed by atoms with Crippen LogP contribution >= 0.6 is 15.9 Å². The van der Waals surface area contributed by atoms with Crippen molar-refractivity contribution in [3.63, 3.8) is 0 Å². The van der Waals surface area contributed by atoms with Crippen LogP contribution in [0.1, 0.15) is 0 Å². The van der Waals surface area contributed by atoms with Crippen LogP contribution in [0.4, 0.5) is 0 Å². The van der Waals surface area contributed by atoms with Crippen molar-refractivity contribution in [3.05, 3.63) is 29.1 Å². The Labute approximate surface area is 71.4 Å². The summed E-state index contributed by atoms with van der Waals surface area (Å²) < 4.78 is 2.58. The van der Waals surface area contributed by atoms with Crippen molar-refractivity contribution in [2.45, 2.75) is 0 Å². The summed E-state index contributed by atoms with van der Waals surface area (Å²) >= 11 is 3.26. The third kappa shape index (κ3) is 0.991. The molecule has 0 unspecified atom stereocenters. The van der Waals surface area contributed by atoms with Crippen LogP contribution in [0.2, 0.25) is 0 Å². The first kappa shape index (κ1) is 6.67. The van der Waals surface area contributed by atoms with Crippen LogP contribution in [0.3, 0.4) is 0 Å². The van der Waals surface area contributed by atoms with Crippen molar-refractivity contribution in [1.82, 2.24) is 9.38 Å². The third-order valence-corrected chi connectivity index (χ3v) is 1.87. The number of fused-ring (bicyclic) bond motifs is 1. The topological polar surface area (TPSA) is 37.5 Å². The van der Waals surface area contributed by atoms with E-state index in [4.69, 9.17) is 0 Å². The van der Waals surface area contributed by atoms with Crippen molar-refractivity contribution >= 4 is 21.6 Å². The van der Waals surface area contributed by atoms with Crippen LogP contribution in [0, 0.1) is 0 Å². The van der Waals surface area contributed by atoms with Crippen LogP contribution < -0.4 is 0 Å². The first-order valence-corrected chi connectivity index (χ1v) is 3.88. The van der Waals surface area contributed by atoms with Gasteiger partial charge in [0.15, 0.2) is 11.4 Å². The average molecular weight is 213 g/mol. The number of imidazole rings is 1. The predicted molar refractivity (Wildman–Crippen MR) is 44.6 cm³/mol. The number of nitrogens with zero attached hydrogens (tertiary/aromatic N) is 2. The van der Waals surface area contributed by atoms with E-state index in [0.717, 1.165) is 4.47 Å². The van der Waals surface area contributed by atoms with Crippen LogP contribution in [0.25, 0.3) is 5.65 Å². The molecule has 0 aliphatic carbocycles. The Kier molecular flexibility index (Phi) is 1.35. The molecule has 0 saturated carbocycles. The van der Waals surface area contributed by atoms with E-state index in [9.17, 15) is 5.11 Å². The molecule has 2 aromatic heterocycles. The van der Waals surface area contributed by atoms with Gasteiger partial charge >= 0.3 is 0 Å². The molecule has 0 fully saturated rings. The standard InChI is InChI=1S/C7H5BrN2O/c8-5-3-6(11)7-9-1-2-10(7)4-5/h1-4,11H. The van der Waals surface area contributed by atoms with Gasteiger partial charge in [-0.05, 0) is 22.0 Å². The van der Waals surface area contributed by atoms with E-state index < -0.39 is 0 Å². The van der Waals surface area contributed by atoms with Gasteiger partial charge in [-0.2, -0.15) is 0 Å². The quantitative estimate of drug-likeness (QED) is 0.724. The zero-order chi connectivity index (χ0) is 7.84. The summed E-state index contributed by atoms with van der Waals surface area (Å²) in [5.74, 6) is 0.185. The van der Waals surface area contributed by atoms with Crippen molar-refractivity contribution < 1.29 is 5.11 Å². The molecular formula is C7H5BrN2O. The average Bonchev–Trinajstić information content (AvgIpc) is 2.34. The molecule has 11 heavy (non-hydrogen) atoms. The monoisotopic (exact) mass is 212 g/mol. The van der Waals surface area contributed by atoms with Gasteiger partial charge in [0.25, 0.3) is 0 Å². The normalized spacial score (nSPS) is 10.6. The molecule has 0 atom stereocenters. The Morgan fingerprint density at radius 3 is 3.18 bits per heavy atom. The Bertz CT molecular complexity index is 396. The second-order valence-corrected chi connectivity index (χ2v) is 3.12. The van der Waals surface area contributed by atoms with Crippen molar-refractivity contribution in [1.29, 1.82) is 0 Å². The minimum atomic E-state index is 0.185. The molecule has 56 valence electrons. The van der Waals surface area contributed by atoms with Crippen LogP contribution in [-0.4, -0.2) is 14.5 Å². The van der Waals surface area contributed by atoms with E-state index in [-0.39, 0.29) is 5.75 Å².